The van der Waals surface area contributed by atoms with Crippen LogP contribution in [0.25, 0.3) is 10.8 Å². The third kappa shape index (κ3) is 7.93. The Morgan fingerprint density at radius 1 is 1.03 bits per heavy atom. The quantitative estimate of drug-likeness (QED) is 0.324. The van der Waals surface area contributed by atoms with E-state index in [1.165, 1.54) is 11.3 Å². The summed E-state index contributed by atoms with van der Waals surface area (Å²) >= 11 is 0. The Morgan fingerprint density at radius 2 is 1.83 bits per heavy atom. The lowest BCUT2D eigenvalue weighted by molar-refractivity contribution is -0.142. The lowest BCUT2D eigenvalue weighted by Gasteiger charge is -2.34. The van der Waals surface area contributed by atoms with Gasteiger partial charge in [0.25, 0.3) is 5.91 Å². The number of hydrogen-bond acceptors (Lipinski definition) is 11. The standard InChI is InChI=1S/C43H56N6O9S/c1-4-25-17-24(2)7-5-6-8-28-22-43(28,41(52)47-59(54,55)31-9-10-31)46-38(50)35-21-30(23-49(35)40(51)36(25)45-42(53)58-29-19-26-18-27(26)20-29)57-39-33-11-12-34-37(32(33)13-14-44-39)56-16-15-48(34)3/h6,8,11-14,24-31,35-36H,4-5,7,9-10,15-23H2,1-3H3,(H,45,53)(H,46,50)(H,47,52)/b8-6-/t24-,25+,26-,27+,28+,29+,30+,35-,36-,43+/m0/s1. The minimum Gasteiger partial charge on any atom is -0.489 e. The second-order valence-electron chi connectivity index (χ2n) is 18.2. The number of anilines is 1. The number of alkyl carbamates (subject to hydrolysis) is 1. The van der Waals surface area contributed by atoms with Crippen molar-refractivity contribution in [1.29, 1.82) is 0 Å². The smallest absolute Gasteiger partial charge is 0.408 e. The zero-order valence-electron chi connectivity index (χ0n) is 34.1. The van der Waals surface area contributed by atoms with Crippen LogP contribution in [0.1, 0.15) is 84.5 Å². The SMILES string of the molecule is CC[C@@H]1C[C@@H](C)CC/C=C\[C@@H]2C[C@@]2(C(=O)NS(=O)(=O)C2CC2)NC(=O)[C@@H]2C[C@@H](Oc3nccc4c5c(ccc34)N(C)CCO5)CN2C(=O)[C@H]1NC(=O)O[C@@H]1C[C@@H]2C[C@@H]2C1. The Hall–Kier alpha value is -4.60. The molecule has 4 aliphatic carbocycles. The highest BCUT2D eigenvalue weighted by Gasteiger charge is 2.62. The Balaban J connectivity index is 1.04. The summed E-state index contributed by atoms with van der Waals surface area (Å²) < 4.78 is 46.8. The lowest BCUT2D eigenvalue weighted by Crippen LogP contribution is -2.59. The van der Waals surface area contributed by atoms with Gasteiger partial charge in [-0.1, -0.05) is 32.4 Å². The highest BCUT2D eigenvalue weighted by atomic mass is 32.2. The van der Waals surface area contributed by atoms with E-state index in [1.807, 2.05) is 44.3 Å². The molecule has 2 aromatic rings. The van der Waals surface area contributed by atoms with Crippen molar-refractivity contribution in [2.45, 2.75) is 120 Å². The molecular formula is C43H56N6O9S. The molecule has 0 unspecified atom stereocenters. The van der Waals surface area contributed by atoms with Crippen LogP contribution in [0.15, 0.2) is 36.5 Å². The number of benzene rings is 1. The summed E-state index contributed by atoms with van der Waals surface area (Å²) in [6, 6.07) is 3.67. The van der Waals surface area contributed by atoms with Gasteiger partial charge in [-0.05, 0) is 99.7 Å². The van der Waals surface area contributed by atoms with Gasteiger partial charge in [0.15, 0.2) is 5.75 Å². The summed E-state index contributed by atoms with van der Waals surface area (Å²) in [7, 11) is -1.89. The lowest BCUT2D eigenvalue weighted by atomic mass is 9.85. The Morgan fingerprint density at radius 3 is 2.59 bits per heavy atom. The van der Waals surface area contributed by atoms with E-state index < -0.39 is 68.7 Å². The van der Waals surface area contributed by atoms with Crippen LogP contribution < -0.4 is 29.7 Å². The number of ether oxygens (including phenoxy) is 3. The topological polar surface area (TPSA) is 186 Å². The van der Waals surface area contributed by atoms with E-state index in [2.05, 4.69) is 32.2 Å². The fourth-order valence-electron chi connectivity index (χ4n) is 10.1. The van der Waals surface area contributed by atoms with Gasteiger partial charge in [-0.2, -0.15) is 0 Å². The van der Waals surface area contributed by atoms with Crippen molar-refractivity contribution in [1.82, 2.24) is 25.2 Å². The molecule has 4 saturated carbocycles. The van der Waals surface area contributed by atoms with Crippen LogP contribution in [0.4, 0.5) is 10.5 Å². The molecule has 10 atom stereocenters. The number of aromatic nitrogens is 1. The predicted octanol–water partition coefficient (Wildman–Crippen LogP) is 4.19. The van der Waals surface area contributed by atoms with Crippen molar-refractivity contribution in [2.24, 2.45) is 29.6 Å². The number of allylic oxidation sites excluding steroid dienone is 1. The summed E-state index contributed by atoms with van der Waals surface area (Å²) in [5.41, 5.74) is -0.555. The first-order valence-corrected chi connectivity index (χ1v) is 23.1. The molecular weight excluding hydrogens is 777 g/mol. The Labute approximate surface area is 345 Å². The van der Waals surface area contributed by atoms with Crippen molar-refractivity contribution in [3.8, 4) is 11.6 Å². The fraction of sp³-hybridized carbons (Fsp3) is 0.651. The first-order valence-electron chi connectivity index (χ1n) is 21.6. The second-order valence-corrected chi connectivity index (χ2v) is 20.2. The maximum Gasteiger partial charge on any atom is 0.408 e. The Kier molecular flexibility index (Phi) is 10.4. The minimum absolute atomic E-state index is 0.00293. The van der Waals surface area contributed by atoms with E-state index in [-0.39, 0.29) is 37.3 Å². The van der Waals surface area contributed by atoms with Crippen LogP contribution in [0.3, 0.4) is 0 Å². The molecule has 7 aliphatic rings. The fourth-order valence-corrected chi connectivity index (χ4v) is 11.4. The third-order valence-corrected chi connectivity index (χ3v) is 15.7. The van der Waals surface area contributed by atoms with Crippen molar-refractivity contribution < 1.29 is 41.8 Å². The molecule has 1 saturated heterocycles. The van der Waals surface area contributed by atoms with Crippen molar-refractivity contribution in [2.75, 3.05) is 31.6 Å². The van der Waals surface area contributed by atoms with Gasteiger partial charge >= 0.3 is 6.09 Å². The molecule has 1 aromatic heterocycles. The number of hydrogen-bond donors (Lipinski definition) is 3. The molecule has 0 spiro atoms. The van der Waals surface area contributed by atoms with Crippen LogP contribution in [-0.4, -0.2) is 104 Å². The molecule has 4 amide bonds. The maximum atomic E-state index is 15.1. The average Bonchev–Trinajstić information content (AvgIpc) is 4.17. The summed E-state index contributed by atoms with van der Waals surface area (Å²) in [6.07, 6.45) is 10.8. The number of sulfonamides is 1. The van der Waals surface area contributed by atoms with E-state index in [0.717, 1.165) is 42.6 Å². The molecule has 15 nitrogen and oxygen atoms in total. The molecule has 16 heteroatoms. The number of nitrogens with zero attached hydrogens (tertiary/aromatic N) is 3. The summed E-state index contributed by atoms with van der Waals surface area (Å²) in [4.78, 5) is 65.5. The molecule has 4 heterocycles. The first-order chi connectivity index (χ1) is 28.3. The Bertz CT molecular complexity index is 2150. The van der Waals surface area contributed by atoms with Crippen LogP contribution in [0.2, 0.25) is 0 Å². The van der Waals surface area contributed by atoms with Gasteiger partial charge in [-0.3, -0.25) is 19.1 Å². The van der Waals surface area contributed by atoms with E-state index in [9.17, 15) is 22.8 Å². The maximum absolute atomic E-state index is 15.1. The van der Waals surface area contributed by atoms with Gasteiger partial charge in [0.2, 0.25) is 27.7 Å². The monoisotopic (exact) mass is 832 g/mol. The summed E-state index contributed by atoms with van der Waals surface area (Å²) in [6.45, 7) is 5.42. The van der Waals surface area contributed by atoms with Crippen LogP contribution in [0.5, 0.6) is 11.6 Å². The number of rotatable bonds is 8. The average molecular weight is 833 g/mol. The molecule has 0 bridgehead atoms. The van der Waals surface area contributed by atoms with Gasteiger partial charge < -0.3 is 34.6 Å². The molecule has 3 N–H and O–H groups in total. The van der Waals surface area contributed by atoms with E-state index in [1.54, 1.807) is 6.20 Å². The number of fused-ring (bicyclic) bond motifs is 6. The molecule has 3 aliphatic heterocycles. The third-order valence-electron chi connectivity index (χ3n) is 13.9. The number of nitrogens with one attached hydrogen (secondary N) is 3. The zero-order valence-corrected chi connectivity index (χ0v) is 34.9. The zero-order chi connectivity index (χ0) is 41.2. The highest BCUT2D eigenvalue weighted by molar-refractivity contribution is 7.91. The second kappa shape index (κ2) is 15.5. The van der Waals surface area contributed by atoms with Crippen molar-refractivity contribution in [3.63, 3.8) is 0 Å². The molecule has 5 fully saturated rings. The van der Waals surface area contributed by atoms with Crippen molar-refractivity contribution in [3.05, 3.63) is 36.5 Å². The van der Waals surface area contributed by atoms with Crippen LogP contribution >= 0.6 is 0 Å². The molecule has 59 heavy (non-hydrogen) atoms. The predicted molar refractivity (Wildman–Crippen MR) is 218 cm³/mol. The van der Waals surface area contributed by atoms with E-state index in [0.29, 0.717) is 61.8 Å². The number of carbonyl (C=O) groups excluding carboxylic acids is 4. The van der Waals surface area contributed by atoms with Gasteiger partial charge in [-0.15, -0.1) is 0 Å². The van der Waals surface area contributed by atoms with Crippen LogP contribution in [0, 0.1) is 29.6 Å². The molecule has 318 valence electrons. The normalized spacial score (nSPS) is 34.7. The molecule has 0 radical (unpaired) electrons. The van der Waals surface area contributed by atoms with Gasteiger partial charge in [0.05, 0.1) is 24.0 Å². The number of carbonyl (C=O) groups is 4. The van der Waals surface area contributed by atoms with E-state index >= 15 is 4.79 Å². The number of pyridine rings is 1. The summed E-state index contributed by atoms with van der Waals surface area (Å²) in [5.74, 6) is -0.0630. The van der Waals surface area contributed by atoms with E-state index in [4.69, 9.17) is 14.2 Å². The van der Waals surface area contributed by atoms with Gasteiger partial charge in [0.1, 0.15) is 36.4 Å². The first kappa shape index (κ1) is 39.8. The number of amides is 4. The molecule has 9 rings (SSSR count). The highest BCUT2D eigenvalue weighted by Crippen LogP contribution is 2.52. The largest absolute Gasteiger partial charge is 0.489 e. The summed E-state index contributed by atoms with van der Waals surface area (Å²) in [5, 5.41) is 6.83. The van der Waals surface area contributed by atoms with Crippen LogP contribution in [-0.2, 0) is 29.1 Å². The minimum atomic E-state index is -3.90. The number of likely N-dealkylation sites (N-methyl/N-ethyl adjacent to an activating group) is 1. The molecule has 1 aromatic carbocycles. The van der Waals surface area contributed by atoms with Gasteiger partial charge in [0, 0.05) is 36.4 Å². The van der Waals surface area contributed by atoms with Crippen molar-refractivity contribution >= 4 is 50.3 Å². The van der Waals surface area contributed by atoms with Gasteiger partial charge in [-0.25, -0.2) is 18.2 Å².